The summed E-state index contributed by atoms with van der Waals surface area (Å²) in [5, 5.41) is 6.49. The van der Waals surface area contributed by atoms with Crippen LogP contribution in [0.3, 0.4) is 0 Å². The standard InChI is InChI=1S/C12H14BrN3S/c13-10-7-14-16(8-10)9-15-5-1-3-11(15)12-4-2-6-17-12/h2,4,6-8,11H,1,3,5,9H2. The van der Waals surface area contributed by atoms with E-state index in [0.717, 1.165) is 11.1 Å². The van der Waals surface area contributed by atoms with Crippen LogP contribution in [0.4, 0.5) is 0 Å². The van der Waals surface area contributed by atoms with E-state index < -0.39 is 0 Å². The van der Waals surface area contributed by atoms with E-state index in [0.29, 0.717) is 6.04 Å². The van der Waals surface area contributed by atoms with Crippen molar-refractivity contribution in [3.63, 3.8) is 0 Å². The van der Waals surface area contributed by atoms with Gasteiger partial charge in [0, 0.05) is 23.7 Å². The van der Waals surface area contributed by atoms with E-state index in [-0.39, 0.29) is 0 Å². The van der Waals surface area contributed by atoms with Crippen molar-refractivity contribution in [3.8, 4) is 0 Å². The minimum Gasteiger partial charge on any atom is -0.276 e. The van der Waals surface area contributed by atoms with Gasteiger partial charge in [-0.25, -0.2) is 0 Å². The maximum Gasteiger partial charge on any atom is 0.0934 e. The van der Waals surface area contributed by atoms with Gasteiger partial charge in [0.15, 0.2) is 0 Å². The molecule has 90 valence electrons. The van der Waals surface area contributed by atoms with Crippen molar-refractivity contribution in [3.05, 3.63) is 39.3 Å². The van der Waals surface area contributed by atoms with Gasteiger partial charge < -0.3 is 0 Å². The summed E-state index contributed by atoms with van der Waals surface area (Å²) in [6.45, 7) is 2.05. The van der Waals surface area contributed by atoms with Crippen molar-refractivity contribution in [1.82, 2.24) is 14.7 Å². The SMILES string of the molecule is Brc1cnn(CN2CCCC2c2cccs2)c1. The van der Waals surface area contributed by atoms with E-state index in [1.165, 1.54) is 24.3 Å². The zero-order valence-corrected chi connectivity index (χ0v) is 11.8. The molecule has 1 aliphatic heterocycles. The van der Waals surface area contributed by atoms with Crippen LogP contribution in [-0.2, 0) is 6.67 Å². The van der Waals surface area contributed by atoms with Crippen LogP contribution in [0.25, 0.3) is 0 Å². The van der Waals surface area contributed by atoms with Gasteiger partial charge in [-0.15, -0.1) is 11.3 Å². The van der Waals surface area contributed by atoms with Crippen LogP contribution < -0.4 is 0 Å². The van der Waals surface area contributed by atoms with Gasteiger partial charge in [-0.1, -0.05) is 6.07 Å². The van der Waals surface area contributed by atoms with Crippen LogP contribution in [0.5, 0.6) is 0 Å². The van der Waals surface area contributed by atoms with Crippen LogP contribution in [0.1, 0.15) is 23.8 Å². The van der Waals surface area contributed by atoms with E-state index in [1.54, 1.807) is 0 Å². The number of hydrogen-bond donors (Lipinski definition) is 0. The van der Waals surface area contributed by atoms with E-state index in [1.807, 2.05) is 28.4 Å². The highest BCUT2D eigenvalue weighted by Gasteiger charge is 2.26. The molecule has 0 amide bonds. The first kappa shape index (κ1) is 11.4. The number of aromatic nitrogens is 2. The number of halogens is 1. The minimum atomic E-state index is 0.581. The van der Waals surface area contributed by atoms with Crippen LogP contribution in [0.2, 0.25) is 0 Å². The molecule has 1 aliphatic rings. The number of hydrogen-bond acceptors (Lipinski definition) is 3. The van der Waals surface area contributed by atoms with E-state index in [2.05, 4.69) is 43.4 Å². The van der Waals surface area contributed by atoms with Gasteiger partial charge in [0.25, 0.3) is 0 Å². The monoisotopic (exact) mass is 311 g/mol. The maximum atomic E-state index is 4.33. The number of likely N-dealkylation sites (tertiary alicyclic amines) is 1. The average molecular weight is 312 g/mol. The van der Waals surface area contributed by atoms with Crippen LogP contribution in [0.15, 0.2) is 34.4 Å². The molecule has 17 heavy (non-hydrogen) atoms. The summed E-state index contributed by atoms with van der Waals surface area (Å²) in [5.41, 5.74) is 0. The van der Waals surface area contributed by atoms with Gasteiger partial charge in [0.2, 0.25) is 0 Å². The first-order valence-corrected chi connectivity index (χ1v) is 7.45. The van der Waals surface area contributed by atoms with Gasteiger partial charge in [-0.05, 0) is 40.2 Å². The van der Waals surface area contributed by atoms with E-state index >= 15 is 0 Å². The Morgan fingerprint density at radius 3 is 3.18 bits per heavy atom. The Kier molecular flexibility index (Phi) is 3.31. The highest BCUT2D eigenvalue weighted by molar-refractivity contribution is 9.10. The third-order valence-corrected chi connectivity index (χ3v) is 4.55. The zero-order valence-electron chi connectivity index (χ0n) is 9.42. The third-order valence-electron chi connectivity index (χ3n) is 3.16. The lowest BCUT2D eigenvalue weighted by Gasteiger charge is -2.23. The first-order valence-electron chi connectivity index (χ1n) is 5.78. The quantitative estimate of drug-likeness (QED) is 0.865. The molecule has 3 heterocycles. The Morgan fingerprint density at radius 2 is 2.47 bits per heavy atom. The van der Waals surface area contributed by atoms with E-state index in [9.17, 15) is 0 Å². The summed E-state index contributed by atoms with van der Waals surface area (Å²) in [6, 6.07) is 4.96. The largest absolute Gasteiger partial charge is 0.276 e. The molecule has 2 aromatic rings. The molecule has 0 N–H and O–H groups in total. The molecule has 0 saturated carbocycles. The Hall–Kier alpha value is -0.650. The number of nitrogens with zero attached hydrogens (tertiary/aromatic N) is 3. The van der Waals surface area contributed by atoms with E-state index in [4.69, 9.17) is 0 Å². The second kappa shape index (κ2) is 4.92. The summed E-state index contributed by atoms with van der Waals surface area (Å²) in [4.78, 5) is 3.99. The molecule has 1 saturated heterocycles. The summed E-state index contributed by atoms with van der Waals surface area (Å²) < 4.78 is 3.04. The summed E-state index contributed by atoms with van der Waals surface area (Å²) >= 11 is 5.29. The topological polar surface area (TPSA) is 21.1 Å². The van der Waals surface area contributed by atoms with Crippen LogP contribution in [0, 0.1) is 0 Å². The van der Waals surface area contributed by atoms with Crippen molar-refractivity contribution in [2.24, 2.45) is 0 Å². The fourth-order valence-electron chi connectivity index (χ4n) is 2.40. The molecule has 0 radical (unpaired) electrons. The molecule has 1 unspecified atom stereocenters. The highest BCUT2D eigenvalue weighted by Crippen LogP contribution is 2.34. The second-order valence-electron chi connectivity index (χ2n) is 4.33. The Morgan fingerprint density at radius 1 is 1.53 bits per heavy atom. The van der Waals surface area contributed by atoms with Gasteiger partial charge in [0.1, 0.15) is 0 Å². The molecular weight excluding hydrogens is 298 g/mol. The lowest BCUT2D eigenvalue weighted by atomic mass is 10.2. The maximum absolute atomic E-state index is 4.33. The van der Waals surface area contributed by atoms with Crippen molar-refractivity contribution in [2.45, 2.75) is 25.6 Å². The Balaban J connectivity index is 1.74. The second-order valence-corrected chi connectivity index (χ2v) is 6.22. The molecule has 3 nitrogen and oxygen atoms in total. The Bertz CT molecular complexity index is 480. The molecule has 0 aromatic carbocycles. The van der Waals surface area contributed by atoms with Gasteiger partial charge in [-0.3, -0.25) is 9.58 Å². The minimum absolute atomic E-state index is 0.581. The molecule has 5 heteroatoms. The molecule has 2 aromatic heterocycles. The lowest BCUT2D eigenvalue weighted by Crippen LogP contribution is -2.25. The Labute approximate surface area is 113 Å². The zero-order chi connectivity index (χ0) is 11.7. The van der Waals surface area contributed by atoms with Crippen molar-refractivity contribution in [2.75, 3.05) is 6.54 Å². The van der Waals surface area contributed by atoms with Crippen molar-refractivity contribution >= 4 is 27.3 Å². The lowest BCUT2D eigenvalue weighted by molar-refractivity contribution is 0.194. The third kappa shape index (κ3) is 2.46. The number of thiophene rings is 1. The van der Waals surface area contributed by atoms with Crippen LogP contribution in [-0.4, -0.2) is 21.2 Å². The average Bonchev–Trinajstić information content (AvgIpc) is 3.00. The predicted octanol–water partition coefficient (Wildman–Crippen LogP) is 3.50. The summed E-state index contributed by atoms with van der Waals surface area (Å²) in [7, 11) is 0. The fourth-order valence-corrected chi connectivity index (χ4v) is 3.62. The van der Waals surface area contributed by atoms with Crippen molar-refractivity contribution in [1.29, 1.82) is 0 Å². The molecular formula is C12H14BrN3S. The molecule has 0 aliphatic carbocycles. The summed E-state index contributed by atoms with van der Waals surface area (Å²) in [6.07, 6.45) is 6.42. The molecule has 0 spiro atoms. The molecule has 3 rings (SSSR count). The van der Waals surface area contributed by atoms with Crippen molar-refractivity contribution < 1.29 is 0 Å². The normalized spacial score (nSPS) is 21.1. The molecule has 1 atom stereocenters. The van der Waals surface area contributed by atoms with Crippen LogP contribution >= 0.6 is 27.3 Å². The summed E-state index contributed by atoms with van der Waals surface area (Å²) in [5.74, 6) is 0. The fraction of sp³-hybridized carbons (Fsp3) is 0.417. The van der Waals surface area contributed by atoms with Gasteiger partial charge in [-0.2, -0.15) is 5.10 Å². The molecule has 1 fully saturated rings. The predicted molar refractivity (Wildman–Crippen MR) is 72.9 cm³/mol. The van der Waals surface area contributed by atoms with Gasteiger partial charge in [0.05, 0.1) is 17.3 Å². The highest BCUT2D eigenvalue weighted by atomic mass is 79.9. The first-order chi connectivity index (χ1) is 8.33. The number of rotatable bonds is 3. The van der Waals surface area contributed by atoms with Gasteiger partial charge >= 0.3 is 0 Å². The molecule has 0 bridgehead atoms. The smallest absolute Gasteiger partial charge is 0.0934 e.